The van der Waals surface area contributed by atoms with Gasteiger partial charge >= 0.3 is 0 Å². The van der Waals surface area contributed by atoms with Crippen molar-refractivity contribution in [2.75, 3.05) is 24.9 Å². The molecule has 2 aromatic carbocycles. The van der Waals surface area contributed by atoms with Crippen molar-refractivity contribution < 1.29 is 17.9 Å². The number of sulfonamides is 1. The summed E-state index contributed by atoms with van der Waals surface area (Å²) in [6, 6.07) is 10.2. The number of aryl methyl sites for hydroxylation is 2. The van der Waals surface area contributed by atoms with Crippen LogP contribution in [0.25, 0.3) is 0 Å². The van der Waals surface area contributed by atoms with Crippen LogP contribution in [0.3, 0.4) is 0 Å². The Bertz CT molecular complexity index is 963. The zero-order chi connectivity index (χ0) is 20.3. The normalized spacial score (nSPS) is 14.2. The molecule has 0 saturated carbocycles. The quantitative estimate of drug-likeness (QED) is 0.805. The molecule has 0 unspecified atom stereocenters. The molecule has 28 heavy (non-hydrogen) atoms. The Hall–Kier alpha value is -2.54. The van der Waals surface area contributed by atoms with Crippen LogP contribution in [0, 0.1) is 13.8 Å². The summed E-state index contributed by atoms with van der Waals surface area (Å²) in [6.07, 6.45) is 2.46. The molecule has 0 atom stereocenters. The van der Waals surface area contributed by atoms with Crippen LogP contribution in [0.4, 0.5) is 5.69 Å². The van der Waals surface area contributed by atoms with Crippen LogP contribution in [0.5, 0.6) is 5.75 Å². The SMILES string of the molecule is COc1cc(C)c(C)cc1S(=O)(=O)Nc1ccc(CC(=O)N2CCCC2)cc1. The molecule has 1 saturated heterocycles. The van der Waals surface area contributed by atoms with Gasteiger partial charge in [0.25, 0.3) is 10.0 Å². The smallest absolute Gasteiger partial charge is 0.265 e. The van der Waals surface area contributed by atoms with Gasteiger partial charge in [0.1, 0.15) is 10.6 Å². The van der Waals surface area contributed by atoms with Gasteiger partial charge in [0.15, 0.2) is 0 Å². The molecule has 1 aliphatic heterocycles. The molecule has 0 radical (unpaired) electrons. The maximum Gasteiger partial charge on any atom is 0.265 e. The van der Waals surface area contributed by atoms with Crippen LogP contribution in [0.15, 0.2) is 41.3 Å². The highest BCUT2D eigenvalue weighted by molar-refractivity contribution is 7.92. The van der Waals surface area contributed by atoms with Crippen molar-refractivity contribution >= 4 is 21.6 Å². The highest BCUT2D eigenvalue weighted by atomic mass is 32.2. The summed E-state index contributed by atoms with van der Waals surface area (Å²) in [5, 5.41) is 0. The van der Waals surface area contributed by atoms with Gasteiger partial charge in [-0.25, -0.2) is 8.42 Å². The van der Waals surface area contributed by atoms with E-state index in [1.54, 1.807) is 36.4 Å². The second-order valence-corrected chi connectivity index (χ2v) is 8.81. The second-order valence-electron chi connectivity index (χ2n) is 7.15. The van der Waals surface area contributed by atoms with Gasteiger partial charge in [-0.15, -0.1) is 0 Å². The third-order valence-corrected chi connectivity index (χ3v) is 6.49. The van der Waals surface area contributed by atoms with Crippen LogP contribution >= 0.6 is 0 Å². The van der Waals surface area contributed by atoms with Crippen LogP contribution in [-0.4, -0.2) is 39.4 Å². The van der Waals surface area contributed by atoms with E-state index >= 15 is 0 Å². The highest BCUT2D eigenvalue weighted by Gasteiger charge is 2.21. The van der Waals surface area contributed by atoms with Crippen molar-refractivity contribution in [1.82, 2.24) is 4.90 Å². The van der Waals surface area contributed by atoms with Gasteiger partial charge in [-0.3, -0.25) is 9.52 Å². The summed E-state index contributed by atoms with van der Waals surface area (Å²) in [5.41, 5.74) is 3.14. The van der Waals surface area contributed by atoms with Gasteiger partial charge in [0.2, 0.25) is 5.91 Å². The van der Waals surface area contributed by atoms with Crippen LogP contribution in [0.2, 0.25) is 0 Å². The van der Waals surface area contributed by atoms with E-state index in [1.165, 1.54) is 7.11 Å². The molecule has 3 rings (SSSR count). The number of carbonyl (C=O) groups excluding carboxylic acids is 1. The minimum Gasteiger partial charge on any atom is -0.495 e. The number of anilines is 1. The topological polar surface area (TPSA) is 75.7 Å². The first kappa shape index (κ1) is 20.2. The molecule has 1 fully saturated rings. The monoisotopic (exact) mass is 402 g/mol. The molecular formula is C21H26N2O4S. The Balaban J connectivity index is 1.74. The number of hydrogen-bond donors (Lipinski definition) is 1. The largest absolute Gasteiger partial charge is 0.495 e. The van der Waals surface area contributed by atoms with Gasteiger partial charge in [-0.05, 0) is 67.6 Å². The summed E-state index contributed by atoms with van der Waals surface area (Å²) in [7, 11) is -2.34. The lowest BCUT2D eigenvalue weighted by molar-refractivity contribution is -0.129. The maximum absolute atomic E-state index is 12.8. The zero-order valence-corrected chi connectivity index (χ0v) is 17.3. The van der Waals surface area contributed by atoms with Crippen molar-refractivity contribution in [1.29, 1.82) is 0 Å². The van der Waals surface area contributed by atoms with E-state index in [-0.39, 0.29) is 10.8 Å². The summed E-state index contributed by atoms with van der Waals surface area (Å²) in [6.45, 7) is 5.42. The average Bonchev–Trinajstić information content (AvgIpc) is 3.20. The third-order valence-electron chi connectivity index (χ3n) is 5.09. The molecular weight excluding hydrogens is 376 g/mol. The molecule has 0 spiro atoms. The maximum atomic E-state index is 12.8. The fraction of sp³-hybridized carbons (Fsp3) is 0.381. The first-order chi connectivity index (χ1) is 13.3. The predicted molar refractivity (Wildman–Crippen MR) is 109 cm³/mol. The number of benzene rings is 2. The molecule has 6 nitrogen and oxygen atoms in total. The van der Waals surface area contributed by atoms with Crippen LogP contribution < -0.4 is 9.46 Å². The number of nitrogens with zero attached hydrogens (tertiary/aromatic N) is 1. The highest BCUT2D eigenvalue weighted by Crippen LogP contribution is 2.29. The fourth-order valence-corrected chi connectivity index (χ4v) is 4.58. The molecule has 0 aromatic heterocycles. The van der Waals surface area contributed by atoms with Gasteiger partial charge in [-0.2, -0.15) is 0 Å². The first-order valence-corrected chi connectivity index (χ1v) is 10.8. The number of hydrogen-bond acceptors (Lipinski definition) is 4. The zero-order valence-electron chi connectivity index (χ0n) is 16.5. The Morgan fingerprint density at radius 2 is 1.68 bits per heavy atom. The summed E-state index contributed by atoms with van der Waals surface area (Å²) < 4.78 is 33.5. The lowest BCUT2D eigenvalue weighted by Crippen LogP contribution is -2.29. The summed E-state index contributed by atoms with van der Waals surface area (Å²) in [5.74, 6) is 0.425. The van der Waals surface area contributed by atoms with Gasteiger partial charge in [0, 0.05) is 18.8 Å². The third kappa shape index (κ3) is 4.47. The molecule has 1 aliphatic rings. The second kappa shape index (κ2) is 8.22. The van der Waals surface area contributed by atoms with E-state index in [1.807, 2.05) is 18.7 Å². The molecule has 1 amide bonds. The number of nitrogens with one attached hydrogen (secondary N) is 1. The number of methoxy groups -OCH3 is 1. The van der Waals surface area contributed by atoms with E-state index in [9.17, 15) is 13.2 Å². The Morgan fingerprint density at radius 3 is 2.29 bits per heavy atom. The van der Waals surface area contributed by atoms with Crippen molar-refractivity contribution in [3.05, 3.63) is 53.1 Å². The lowest BCUT2D eigenvalue weighted by atomic mass is 10.1. The Kier molecular flexibility index (Phi) is 5.93. The molecule has 1 N–H and O–H groups in total. The van der Waals surface area contributed by atoms with Crippen molar-refractivity contribution in [3.63, 3.8) is 0 Å². The summed E-state index contributed by atoms with van der Waals surface area (Å²) >= 11 is 0. The Morgan fingerprint density at radius 1 is 1.07 bits per heavy atom. The van der Waals surface area contributed by atoms with Crippen LogP contribution in [0.1, 0.15) is 29.5 Å². The molecule has 1 heterocycles. The number of ether oxygens (including phenoxy) is 1. The van der Waals surface area contributed by atoms with E-state index in [0.717, 1.165) is 42.6 Å². The molecule has 7 heteroatoms. The minimum absolute atomic E-state index is 0.103. The van der Waals surface area contributed by atoms with E-state index in [4.69, 9.17) is 4.74 Å². The predicted octanol–water partition coefficient (Wildman–Crippen LogP) is 3.28. The minimum atomic E-state index is -3.79. The molecule has 0 aliphatic carbocycles. The molecule has 2 aromatic rings. The van der Waals surface area contributed by atoms with Crippen molar-refractivity contribution in [2.24, 2.45) is 0 Å². The molecule has 0 bridgehead atoms. The standard InChI is InChI=1S/C21H26N2O4S/c1-15-12-19(27-3)20(13-16(15)2)28(25,26)22-18-8-6-17(7-9-18)14-21(24)23-10-4-5-11-23/h6-9,12-13,22H,4-5,10-11,14H2,1-3H3. The number of carbonyl (C=O) groups is 1. The number of amides is 1. The number of likely N-dealkylation sites (tertiary alicyclic amines) is 1. The van der Waals surface area contributed by atoms with Gasteiger partial charge in [0.05, 0.1) is 13.5 Å². The van der Waals surface area contributed by atoms with E-state index in [0.29, 0.717) is 17.9 Å². The van der Waals surface area contributed by atoms with Gasteiger partial charge < -0.3 is 9.64 Å². The van der Waals surface area contributed by atoms with Gasteiger partial charge in [-0.1, -0.05) is 12.1 Å². The Labute approximate surface area is 166 Å². The fourth-order valence-electron chi connectivity index (χ4n) is 3.29. The first-order valence-electron chi connectivity index (χ1n) is 9.35. The van der Waals surface area contributed by atoms with Crippen LogP contribution in [-0.2, 0) is 21.2 Å². The van der Waals surface area contributed by atoms with E-state index in [2.05, 4.69) is 4.72 Å². The number of rotatable bonds is 6. The average molecular weight is 403 g/mol. The van der Waals surface area contributed by atoms with E-state index < -0.39 is 10.0 Å². The lowest BCUT2D eigenvalue weighted by Gasteiger charge is -2.16. The van der Waals surface area contributed by atoms with Crippen molar-refractivity contribution in [3.8, 4) is 5.75 Å². The van der Waals surface area contributed by atoms with Crippen molar-refractivity contribution in [2.45, 2.75) is 38.0 Å². The molecule has 150 valence electrons. The summed E-state index contributed by atoms with van der Waals surface area (Å²) in [4.78, 5) is 14.2.